The molecule has 0 aromatic carbocycles. The predicted molar refractivity (Wildman–Crippen MR) is 112 cm³/mol. The minimum atomic E-state index is -4.57. The van der Waals surface area contributed by atoms with Gasteiger partial charge in [-0.2, -0.15) is 13.2 Å². The zero-order chi connectivity index (χ0) is 22.7. The van der Waals surface area contributed by atoms with Crippen LogP contribution in [-0.4, -0.2) is 60.1 Å². The molecule has 11 heteroatoms. The smallest absolute Gasteiger partial charge is 0.437 e. The molecule has 2 saturated heterocycles. The summed E-state index contributed by atoms with van der Waals surface area (Å²) in [5.74, 6) is 1.25. The monoisotopic (exact) mass is 450 g/mol. The van der Waals surface area contributed by atoms with Crippen LogP contribution in [0, 0.1) is 17.2 Å². The highest BCUT2D eigenvalue weighted by Crippen LogP contribution is 2.35. The summed E-state index contributed by atoms with van der Waals surface area (Å²) in [6, 6.07) is 2.87. The quantitative estimate of drug-likeness (QED) is 0.625. The number of hydrogen-bond acceptors (Lipinski definition) is 8. The van der Waals surface area contributed by atoms with Crippen molar-refractivity contribution in [3.05, 3.63) is 35.9 Å². The Hall–Kier alpha value is -2.95. The van der Waals surface area contributed by atoms with E-state index in [1.54, 1.807) is 6.20 Å². The average Bonchev–Trinajstić information content (AvgIpc) is 2.74. The van der Waals surface area contributed by atoms with Crippen molar-refractivity contribution in [3.8, 4) is 5.75 Å². The van der Waals surface area contributed by atoms with Crippen LogP contribution in [0.2, 0.25) is 0 Å². The topological polar surface area (TPSA) is 96.2 Å². The molecule has 4 heterocycles. The van der Waals surface area contributed by atoms with Crippen molar-refractivity contribution in [2.75, 3.05) is 43.1 Å². The van der Waals surface area contributed by atoms with E-state index in [-0.39, 0.29) is 24.3 Å². The van der Waals surface area contributed by atoms with Gasteiger partial charge in [0.15, 0.2) is 11.5 Å². The maximum atomic E-state index is 13.2. The molecule has 0 radical (unpaired) electrons. The molecule has 0 spiro atoms. The van der Waals surface area contributed by atoms with E-state index in [1.807, 2.05) is 0 Å². The van der Waals surface area contributed by atoms with Crippen LogP contribution in [0.5, 0.6) is 5.75 Å². The fourth-order valence-electron chi connectivity index (χ4n) is 3.98. The second-order valence-corrected chi connectivity index (χ2v) is 8.26. The van der Waals surface area contributed by atoms with Gasteiger partial charge in [0, 0.05) is 31.4 Å². The summed E-state index contributed by atoms with van der Waals surface area (Å²) >= 11 is 0. The first-order valence-corrected chi connectivity index (χ1v) is 10.4. The Morgan fingerprint density at radius 3 is 2.81 bits per heavy atom. The minimum Gasteiger partial charge on any atom is -0.491 e. The van der Waals surface area contributed by atoms with Crippen LogP contribution in [0.1, 0.15) is 24.7 Å². The molecule has 2 aliphatic rings. The van der Waals surface area contributed by atoms with E-state index in [2.05, 4.69) is 32.1 Å². The summed E-state index contributed by atoms with van der Waals surface area (Å²) in [4.78, 5) is 14.5. The molecule has 2 fully saturated rings. The molecule has 0 aliphatic carbocycles. The second kappa shape index (κ2) is 9.27. The van der Waals surface area contributed by atoms with E-state index in [0.29, 0.717) is 43.0 Å². The summed E-state index contributed by atoms with van der Waals surface area (Å²) in [6.45, 7) is 4.73. The van der Waals surface area contributed by atoms with Crippen molar-refractivity contribution >= 4 is 17.9 Å². The van der Waals surface area contributed by atoms with E-state index >= 15 is 0 Å². The van der Waals surface area contributed by atoms with Crippen LogP contribution >= 0.6 is 0 Å². The van der Waals surface area contributed by atoms with Gasteiger partial charge in [-0.05, 0) is 24.5 Å². The number of anilines is 2. The average molecular weight is 450 g/mol. The third-order valence-electron chi connectivity index (χ3n) is 5.49. The molecule has 4 rings (SSSR count). The lowest BCUT2D eigenvalue weighted by Crippen LogP contribution is -2.43. The molecule has 2 aliphatic heterocycles. The number of rotatable bonds is 7. The van der Waals surface area contributed by atoms with Crippen LogP contribution in [-0.2, 0) is 10.9 Å². The van der Waals surface area contributed by atoms with Crippen molar-refractivity contribution in [1.29, 1.82) is 5.41 Å². The molecule has 8 nitrogen and oxygen atoms in total. The van der Waals surface area contributed by atoms with Crippen LogP contribution in [0.4, 0.5) is 24.8 Å². The van der Waals surface area contributed by atoms with Crippen molar-refractivity contribution < 1.29 is 22.6 Å². The second-order valence-electron chi connectivity index (χ2n) is 8.26. The Kier molecular flexibility index (Phi) is 6.45. The molecule has 0 amide bonds. The lowest BCUT2D eigenvalue weighted by Gasteiger charge is -2.37. The van der Waals surface area contributed by atoms with Gasteiger partial charge >= 0.3 is 6.18 Å². The lowest BCUT2D eigenvalue weighted by atomic mass is 9.91. The van der Waals surface area contributed by atoms with Crippen molar-refractivity contribution in [3.63, 3.8) is 0 Å². The summed E-state index contributed by atoms with van der Waals surface area (Å²) < 4.78 is 50.3. The fraction of sp³-hybridized carbons (Fsp3) is 0.524. The third-order valence-corrected chi connectivity index (χ3v) is 5.49. The number of hydrogen-bond donors (Lipinski definition) is 2. The Morgan fingerprint density at radius 2 is 2.12 bits per heavy atom. The summed E-state index contributed by atoms with van der Waals surface area (Å²) in [5.41, 5.74) is -0.564. The summed E-state index contributed by atoms with van der Waals surface area (Å²) in [5, 5.41) is 10.8. The Morgan fingerprint density at radius 1 is 1.31 bits per heavy atom. The Bertz CT molecular complexity index is 953. The number of piperidine rings is 1. The standard InChI is InChI=1S/C21H25F3N6O2/c1-13-5-14(10-32-17-3-2-4-26-19(17)21(22,23)24)9-30(8-13)18-7-27-16(6-25)20(29-18)28-15-11-31-12-15/h2-4,6-7,13-15,25H,5,8-12H2,1H3,(H,28,29). The molecule has 2 unspecified atom stereocenters. The number of halogens is 3. The van der Waals surface area contributed by atoms with Gasteiger partial charge in [-0.3, -0.25) is 0 Å². The van der Waals surface area contributed by atoms with Crippen LogP contribution in [0.3, 0.4) is 0 Å². The highest BCUT2D eigenvalue weighted by Gasteiger charge is 2.36. The van der Waals surface area contributed by atoms with E-state index in [4.69, 9.17) is 14.9 Å². The zero-order valence-corrected chi connectivity index (χ0v) is 17.6. The highest BCUT2D eigenvalue weighted by molar-refractivity contribution is 5.82. The van der Waals surface area contributed by atoms with E-state index < -0.39 is 11.9 Å². The Balaban J connectivity index is 1.46. The number of nitrogens with zero attached hydrogens (tertiary/aromatic N) is 4. The molecular weight excluding hydrogens is 425 g/mol. The maximum absolute atomic E-state index is 13.2. The summed E-state index contributed by atoms with van der Waals surface area (Å²) in [7, 11) is 0. The van der Waals surface area contributed by atoms with Crippen molar-refractivity contribution in [2.45, 2.75) is 25.6 Å². The first-order valence-electron chi connectivity index (χ1n) is 10.4. The molecule has 0 bridgehead atoms. The van der Waals surface area contributed by atoms with Gasteiger partial charge in [0.05, 0.1) is 32.1 Å². The van der Waals surface area contributed by atoms with Crippen molar-refractivity contribution in [2.24, 2.45) is 11.8 Å². The Labute approximate surface area is 183 Å². The van der Waals surface area contributed by atoms with E-state index in [1.165, 1.54) is 12.1 Å². The van der Waals surface area contributed by atoms with Gasteiger partial charge in [0.2, 0.25) is 0 Å². The number of aromatic nitrogens is 3. The van der Waals surface area contributed by atoms with Gasteiger partial charge in [-0.25, -0.2) is 15.0 Å². The number of alkyl halides is 3. The third kappa shape index (κ3) is 5.09. The van der Waals surface area contributed by atoms with Gasteiger partial charge in [-0.1, -0.05) is 6.92 Å². The normalized spacial score (nSPS) is 21.7. The number of nitrogens with one attached hydrogen (secondary N) is 2. The number of pyridine rings is 1. The first kappa shape index (κ1) is 22.3. The van der Waals surface area contributed by atoms with E-state index in [0.717, 1.165) is 25.4 Å². The highest BCUT2D eigenvalue weighted by atomic mass is 19.4. The van der Waals surface area contributed by atoms with Crippen LogP contribution in [0.25, 0.3) is 0 Å². The molecule has 172 valence electrons. The summed E-state index contributed by atoms with van der Waals surface area (Å²) in [6.07, 6.45) is 0.151. The molecule has 0 saturated carbocycles. The maximum Gasteiger partial charge on any atom is 0.437 e. The van der Waals surface area contributed by atoms with Gasteiger partial charge < -0.3 is 25.1 Å². The van der Waals surface area contributed by atoms with Gasteiger partial charge in [0.1, 0.15) is 17.3 Å². The molecule has 2 aromatic rings. The molecule has 32 heavy (non-hydrogen) atoms. The zero-order valence-electron chi connectivity index (χ0n) is 17.6. The van der Waals surface area contributed by atoms with Crippen LogP contribution < -0.4 is 15.0 Å². The molecular formula is C21H25F3N6O2. The van der Waals surface area contributed by atoms with Gasteiger partial charge in [-0.15, -0.1) is 0 Å². The fourth-order valence-corrected chi connectivity index (χ4v) is 3.98. The van der Waals surface area contributed by atoms with E-state index in [9.17, 15) is 13.2 Å². The predicted octanol–water partition coefficient (Wildman–Crippen LogP) is 3.24. The molecule has 2 atom stereocenters. The number of ether oxygens (including phenoxy) is 2. The van der Waals surface area contributed by atoms with Crippen molar-refractivity contribution in [1.82, 2.24) is 15.0 Å². The van der Waals surface area contributed by atoms with Crippen LogP contribution in [0.15, 0.2) is 24.5 Å². The minimum absolute atomic E-state index is 0.0145. The lowest BCUT2D eigenvalue weighted by molar-refractivity contribution is -0.142. The SMILES string of the molecule is CC1CC(COc2cccnc2C(F)(F)F)CN(c2cnc(C=N)c(NC3COC3)n2)C1. The first-order chi connectivity index (χ1) is 15.3. The largest absolute Gasteiger partial charge is 0.491 e. The molecule has 2 N–H and O–H groups in total. The molecule has 2 aromatic heterocycles. The van der Waals surface area contributed by atoms with Gasteiger partial charge in [0.25, 0.3) is 0 Å².